The summed E-state index contributed by atoms with van der Waals surface area (Å²) in [4.78, 5) is 0. The molecule has 1 nitrogen and oxygen atoms in total. The molecule has 0 rings (SSSR count). The van der Waals surface area contributed by atoms with Crippen LogP contribution in [-0.2, 0) is 0 Å². The molecule has 0 aromatic rings. The van der Waals surface area contributed by atoms with Crippen LogP contribution in [0.3, 0.4) is 0 Å². The van der Waals surface area contributed by atoms with Gasteiger partial charge in [0.15, 0.2) is 0 Å². The predicted octanol–water partition coefficient (Wildman–Crippen LogP) is 5.62. The molecule has 0 heterocycles. The highest BCUT2D eigenvalue weighted by atomic mass is 16.3. The summed E-state index contributed by atoms with van der Waals surface area (Å²) < 4.78 is 0. The maximum atomic E-state index is 10.4. The average Bonchev–Trinajstić information content (AvgIpc) is 2.39. The van der Waals surface area contributed by atoms with Gasteiger partial charge in [0.25, 0.3) is 0 Å². The van der Waals surface area contributed by atoms with E-state index >= 15 is 0 Å². The van der Waals surface area contributed by atoms with Crippen LogP contribution in [0.15, 0.2) is 12.7 Å². The molecule has 18 heavy (non-hydrogen) atoms. The van der Waals surface area contributed by atoms with Crippen molar-refractivity contribution in [2.45, 2.75) is 96.5 Å². The molecule has 0 radical (unpaired) electrons. The SMILES string of the molecule is C=CC(O)(CCCCCC)CCCCCCCC. The van der Waals surface area contributed by atoms with E-state index in [1.807, 2.05) is 0 Å². The van der Waals surface area contributed by atoms with Crippen molar-refractivity contribution < 1.29 is 5.11 Å². The zero-order valence-corrected chi connectivity index (χ0v) is 12.7. The molecule has 0 aromatic carbocycles. The van der Waals surface area contributed by atoms with Gasteiger partial charge in [-0.15, -0.1) is 6.58 Å². The minimum atomic E-state index is -0.599. The molecule has 0 bridgehead atoms. The Morgan fingerprint density at radius 3 is 1.61 bits per heavy atom. The van der Waals surface area contributed by atoms with Crippen molar-refractivity contribution in [1.82, 2.24) is 0 Å². The van der Waals surface area contributed by atoms with Gasteiger partial charge in [0.1, 0.15) is 0 Å². The van der Waals surface area contributed by atoms with Crippen LogP contribution in [0.5, 0.6) is 0 Å². The third-order valence-corrected chi connectivity index (χ3v) is 3.81. The van der Waals surface area contributed by atoms with E-state index in [4.69, 9.17) is 0 Å². The maximum Gasteiger partial charge on any atom is 0.0825 e. The maximum absolute atomic E-state index is 10.4. The van der Waals surface area contributed by atoms with Crippen LogP contribution in [0, 0.1) is 0 Å². The van der Waals surface area contributed by atoms with Gasteiger partial charge in [0.2, 0.25) is 0 Å². The lowest BCUT2D eigenvalue weighted by atomic mass is 9.90. The van der Waals surface area contributed by atoms with Gasteiger partial charge >= 0.3 is 0 Å². The number of unbranched alkanes of at least 4 members (excludes halogenated alkanes) is 8. The first-order chi connectivity index (χ1) is 8.68. The highest BCUT2D eigenvalue weighted by molar-refractivity contribution is 4.95. The van der Waals surface area contributed by atoms with Gasteiger partial charge in [-0.25, -0.2) is 0 Å². The predicted molar refractivity (Wildman–Crippen MR) is 81.9 cm³/mol. The Bertz CT molecular complexity index is 188. The van der Waals surface area contributed by atoms with Crippen LogP contribution < -0.4 is 0 Å². The van der Waals surface area contributed by atoms with Crippen LogP contribution in [0.4, 0.5) is 0 Å². The van der Waals surface area contributed by atoms with E-state index in [1.165, 1.54) is 51.4 Å². The molecule has 1 N–H and O–H groups in total. The summed E-state index contributed by atoms with van der Waals surface area (Å²) in [6.07, 6.45) is 16.2. The Morgan fingerprint density at radius 1 is 0.778 bits per heavy atom. The molecule has 0 aliphatic rings. The second kappa shape index (κ2) is 11.8. The molecular formula is C17H34O. The molecular weight excluding hydrogens is 220 g/mol. The highest BCUT2D eigenvalue weighted by Crippen LogP contribution is 2.24. The van der Waals surface area contributed by atoms with Crippen molar-refractivity contribution in [3.8, 4) is 0 Å². The van der Waals surface area contributed by atoms with Gasteiger partial charge in [-0.3, -0.25) is 0 Å². The van der Waals surface area contributed by atoms with E-state index in [1.54, 1.807) is 6.08 Å². The van der Waals surface area contributed by atoms with Crippen LogP contribution in [0.2, 0.25) is 0 Å². The molecule has 1 heteroatoms. The lowest BCUT2D eigenvalue weighted by Crippen LogP contribution is -2.25. The van der Waals surface area contributed by atoms with E-state index in [0.717, 1.165) is 25.7 Å². The lowest BCUT2D eigenvalue weighted by molar-refractivity contribution is 0.0666. The van der Waals surface area contributed by atoms with E-state index in [0.29, 0.717) is 0 Å². The second-order valence-corrected chi connectivity index (χ2v) is 5.64. The number of aliphatic hydroxyl groups is 1. The summed E-state index contributed by atoms with van der Waals surface area (Å²) >= 11 is 0. The van der Waals surface area contributed by atoms with Crippen molar-refractivity contribution in [3.63, 3.8) is 0 Å². The van der Waals surface area contributed by atoms with Crippen molar-refractivity contribution in [2.24, 2.45) is 0 Å². The number of hydrogen-bond acceptors (Lipinski definition) is 1. The molecule has 0 aromatic heterocycles. The zero-order chi connectivity index (χ0) is 13.7. The second-order valence-electron chi connectivity index (χ2n) is 5.64. The molecule has 0 amide bonds. The fourth-order valence-corrected chi connectivity index (χ4v) is 2.40. The van der Waals surface area contributed by atoms with Gasteiger partial charge in [-0.2, -0.15) is 0 Å². The van der Waals surface area contributed by atoms with Gasteiger partial charge in [0, 0.05) is 0 Å². The number of hydrogen-bond donors (Lipinski definition) is 1. The third-order valence-electron chi connectivity index (χ3n) is 3.81. The molecule has 0 saturated heterocycles. The smallest absolute Gasteiger partial charge is 0.0825 e. The van der Waals surface area contributed by atoms with Gasteiger partial charge in [-0.05, 0) is 12.8 Å². The van der Waals surface area contributed by atoms with Crippen molar-refractivity contribution in [2.75, 3.05) is 0 Å². The molecule has 108 valence electrons. The van der Waals surface area contributed by atoms with E-state index in [2.05, 4.69) is 20.4 Å². The van der Waals surface area contributed by atoms with Crippen LogP contribution in [-0.4, -0.2) is 10.7 Å². The minimum absolute atomic E-state index is 0.599. The average molecular weight is 254 g/mol. The molecule has 0 aliphatic heterocycles. The third kappa shape index (κ3) is 9.70. The first-order valence-corrected chi connectivity index (χ1v) is 8.04. The Kier molecular flexibility index (Phi) is 11.6. The Morgan fingerprint density at radius 2 is 1.17 bits per heavy atom. The lowest BCUT2D eigenvalue weighted by Gasteiger charge is -2.24. The van der Waals surface area contributed by atoms with Gasteiger partial charge in [-0.1, -0.05) is 84.1 Å². The number of rotatable bonds is 13. The molecule has 0 fully saturated rings. The zero-order valence-electron chi connectivity index (χ0n) is 12.7. The summed E-state index contributed by atoms with van der Waals surface area (Å²) in [6.45, 7) is 8.27. The fourth-order valence-electron chi connectivity index (χ4n) is 2.40. The summed E-state index contributed by atoms with van der Waals surface area (Å²) in [7, 11) is 0. The first kappa shape index (κ1) is 17.7. The Balaban J connectivity index is 3.62. The normalized spacial score (nSPS) is 14.4. The first-order valence-electron chi connectivity index (χ1n) is 8.04. The van der Waals surface area contributed by atoms with E-state index in [-0.39, 0.29) is 0 Å². The highest BCUT2D eigenvalue weighted by Gasteiger charge is 2.21. The summed E-state index contributed by atoms with van der Waals surface area (Å²) in [5.41, 5.74) is -0.599. The summed E-state index contributed by atoms with van der Waals surface area (Å²) in [6, 6.07) is 0. The topological polar surface area (TPSA) is 20.2 Å². The Hall–Kier alpha value is -0.300. The van der Waals surface area contributed by atoms with Crippen LogP contribution in [0.1, 0.15) is 90.9 Å². The summed E-state index contributed by atoms with van der Waals surface area (Å²) in [5, 5.41) is 10.4. The Labute approximate surface area is 115 Å². The van der Waals surface area contributed by atoms with Gasteiger partial charge < -0.3 is 5.11 Å². The van der Waals surface area contributed by atoms with Crippen molar-refractivity contribution in [1.29, 1.82) is 0 Å². The quantitative estimate of drug-likeness (QED) is 0.334. The molecule has 1 unspecified atom stereocenters. The van der Waals surface area contributed by atoms with E-state index < -0.39 is 5.60 Å². The van der Waals surface area contributed by atoms with Crippen molar-refractivity contribution >= 4 is 0 Å². The summed E-state index contributed by atoms with van der Waals surface area (Å²) in [5.74, 6) is 0. The van der Waals surface area contributed by atoms with Crippen LogP contribution in [0.25, 0.3) is 0 Å². The largest absolute Gasteiger partial charge is 0.386 e. The fraction of sp³-hybridized carbons (Fsp3) is 0.882. The van der Waals surface area contributed by atoms with Crippen molar-refractivity contribution in [3.05, 3.63) is 12.7 Å². The van der Waals surface area contributed by atoms with Gasteiger partial charge in [0.05, 0.1) is 5.60 Å². The van der Waals surface area contributed by atoms with E-state index in [9.17, 15) is 5.11 Å². The molecule has 1 atom stereocenters. The monoisotopic (exact) mass is 254 g/mol. The molecule has 0 aliphatic carbocycles. The molecule has 0 spiro atoms. The van der Waals surface area contributed by atoms with Crippen LogP contribution >= 0.6 is 0 Å². The minimum Gasteiger partial charge on any atom is -0.386 e. The molecule has 0 saturated carbocycles. The standard InChI is InChI=1S/C17H34O/c1-4-7-9-11-12-14-16-17(18,6-3)15-13-10-8-5-2/h6,18H,3-5,7-16H2,1-2H3.